The second kappa shape index (κ2) is 5.95. The number of hydrogen-bond donors (Lipinski definition) is 0. The maximum Gasteiger partial charge on any atom is 0.0609 e. The van der Waals surface area contributed by atoms with E-state index in [1.165, 1.54) is 0 Å². The van der Waals surface area contributed by atoms with Crippen molar-refractivity contribution in [2.75, 3.05) is 0 Å². The largest absolute Gasteiger partial charge is 0.436 e. The topological polar surface area (TPSA) is 0 Å². The maximum absolute atomic E-state index is 11.6. The molecule has 32 valence electrons. The van der Waals surface area contributed by atoms with Crippen molar-refractivity contribution >= 4 is 44.4 Å². The lowest BCUT2D eigenvalue weighted by Crippen LogP contribution is -0.919. The van der Waals surface area contributed by atoms with E-state index in [1.807, 2.05) is 22.0 Å². The van der Waals surface area contributed by atoms with Gasteiger partial charge >= 0.3 is 0 Å². The predicted molar refractivity (Wildman–Crippen MR) is 38.7 cm³/mol. The minimum Gasteiger partial charge on any atom is -0.436 e. The average Bonchev–Trinajstić information content (AvgIpc) is 1.27. The zero-order chi connectivity index (χ0) is 5.86. The van der Waals surface area contributed by atoms with Crippen molar-refractivity contribution in [3.8, 4) is 0 Å². The van der Waals surface area contributed by atoms with Crippen molar-refractivity contribution in [3.05, 3.63) is 0 Å². The summed E-state index contributed by atoms with van der Waals surface area (Å²) in [5.41, 5.74) is 0. The molecule has 0 saturated heterocycles. The van der Waals surface area contributed by atoms with E-state index in [-0.39, 0.29) is 0 Å². The molecule has 0 fully saturated rings. The Bertz CT molecular complexity index is 42.2. The van der Waals surface area contributed by atoms with E-state index in [2.05, 4.69) is 0 Å². The van der Waals surface area contributed by atoms with Gasteiger partial charge in [-0.3, -0.25) is 4.20 Å². The molecule has 0 nitrogen and oxygen atoms in total. The quantitative estimate of drug-likeness (QED) is 0.516. The molecular weight excluding hydrogens is 239 g/mol. The van der Waals surface area contributed by atoms with Gasteiger partial charge < -0.3 is 7.96 Å². The summed E-state index contributed by atoms with van der Waals surface area (Å²) in [6.45, 7) is 0. The van der Waals surface area contributed by atoms with Gasteiger partial charge in [0.15, 0.2) is 0 Å². The summed E-state index contributed by atoms with van der Waals surface area (Å²) >= 11 is 1.83. The number of hydrogen-bond acceptors (Lipinski definition) is 0. The van der Waals surface area contributed by atoms with Crippen LogP contribution in [0, 0.1) is 0 Å². The van der Waals surface area contributed by atoms with E-state index < -0.39 is 14.4 Å². The minimum atomic E-state index is -2.08. The molecule has 0 aromatic carbocycles. The Morgan fingerprint density at radius 1 is 2.60 bits per heavy atom. The predicted octanol–water partition coefficient (Wildman–Crippen LogP) is 3.35. The van der Waals surface area contributed by atoms with Crippen LogP contribution in [0.5, 0.6) is 0 Å². The fourth-order valence-electron chi connectivity index (χ4n) is 0.0128. The first-order chi connectivity index (χ1) is 3.13. The Morgan fingerprint density at radius 3 is 3.20 bits per heavy atom. The van der Waals surface area contributed by atoms with Gasteiger partial charge in [0.05, 0.1) is 1.28 Å². The first-order valence-electron chi connectivity index (χ1n) is 1.63. The Morgan fingerprint density at radius 2 is 3.20 bits per heavy atom. The zero-order valence-electron chi connectivity index (χ0n) is 4.10. The van der Waals surface area contributed by atoms with Crippen LogP contribution in [0.15, 0.2) is 0 Å². The van der Waals surface area contributed by atoms with Crippen LogP contribution in [0.4, 0.5) is 4.20 Å². The molecule has 0 spiro atoms. The SMILES string of the molecule is [2H]P(I)[P-]P([3H])F. The molecule has 0 aromatic heterocycles. The zero-order valence-corrected chi connectivity index (χ0v) is 6.94. The molecule has 5 heavy (non-hydrogen) atoms. The van der Waals surface area contributed by atoms with E-state index in [0.29, 0.717) is 7.96 Å². The van der Waals surface area contributed by atoms with E-state index >= 15 is 0 Å². The molecule has 0 amide bonds. The van der Waals surface area contributed by atoms with Gasteiger partial charge in [-0.15, -0.1) is 0 Å². The van der Waals surface area contributed by atoms with Crippen molar-refractivity contribution in [2.24, 2.45) is 0 Å². The van der Waals surface area contributed by atoms with Crippen LogP contribution >= 0.6 is 44.4 Å². The molecule has 0 N–H and O–H groups in total. The standard InChI is InChI=1S/FH2IP3/c1-3-5-4-2/h3-4H/q-1/i3T,4D. The first kappa shape index (κ1) is 3.89. The third-order valence-electron chi connectivity index (χ3n) is 0.0676. The van der Waals surface area contributed by atoms with E-state index in [0.717, 1.165) is 0 Å². The molecule has 0 saturated carbocycles. The smallest absolute Gasteiger partial charge is 0.0609 e. The summed E-state index contributed by atoms with van der Waals surface area (Å²) in [5.74, 6) is -0.981. The third-order valence-corrected chi connectivity index (χ3v) is 7.04. The second-order valence-electron chi connectivity index (χ2n) is 0.241. The number of rotatable bonds is 2. The van der Waals surface area contributed by atoms with Crippen LogP contribution in [0.3, 0.4) is 0 Å². The van der Waals surface area contributed by atoms with Gasteiger partial charge in [-0.2, -0.15) is 0 Å². The van der Waals surface area contributed by atoms with Crippen LogP contribution in [0.1, 0.15) is 0 Å². The molecule has 0 rings (SSSR count). The molecule has 0 radical (unpaired) electrons. The summed E-state index contributed by atoms with van der Waals surface area (Å²) in [6.07, 6.45) is 0. The maximum atomic E-state index is 11.6. The van der Waals surface area contributed by atoms with Gasteiger partial charge in [-0.05, 0) is 0 Å². The Kier molecular flexibility index (Phi) is 4.63. The van der Waals surface area contributed by atoms with Crippen LogP contribution in [-0.4, -0.2) is 2.56 Å². The van der Waals surface area contributed by atoms with Crippen molar-refractivity contribution in [1.29, 1.82) is 2.56 Å². The normalized spacial score (nSPS) is 29.2. The van der Waals surface area contributed by atoms with Crippen molar-refractivity contribution < 1.29 is 4.20 Å². The summed E-state index contributed by atoms with van der Waals surface area (Å²) < 4.78 is 24.8. The van der Waals surface area contributed by atoms with E-state index in [4.69, 9.17) is 2.56 Å². The first-order valence-corrected chi connectivity index (χ1v) is 7.51. The highest BCUT2D eigenvalue weighted by Gasteiger charge is 1.49. The summed E-state index contributed by atoms with van der Waals surface area (Å²) in [6, 6.07) is 0. The van der Waals surface area contributed by atoms with Gasteiger partial charge in [0, 0.05) is 1.28 Å². The molecule has 0 bridgehead atoms. The van der Waals surface area contributed by atoms with Gasteiger partial charge in [-0.25, -0.2) is 5.86 Å². The molecule has 0 aromatic rings. The molecule has 5 heteroatoms. The van der Waals surface area contributed by atoms with Crippen molar-refractivity contribution in [3.63, 3.8) is 0 Å². The molecular formula is H2FIP3-. The fourth-order valence-corrected chi connectivity index (χ4v) is 2.31. The summed E-state index contributed by atoms with van der Waals surface area (Å²) in [5, 5.41) is 0. The van der Waals surface area contributed by atoms with Gasteiger partial charge in [-0.1, -0.05) is 30.6 Å². The van der Waals surface area contributed by atoms with Gasteiger partial charge in [0.1, 0.15) is 0 Å². The monoisotopic (exact) mass is 244 g/mol. The molecule has 0 heterocycles. The van der Waals surface area contributed by atoms with Crippen LogP contribution in [0.2, 0.25) is 0 Å². The lowest BCUT2D eigenvalue weighted by atomic mass is 18.9. The Labute approximate surface area is 51.4 Å². The molecule has 0 aliphatic rings. The highest BCUT2D eigenvalue weighted by Crippen LogP contribution is 2.57. The molecule has 2 unspecified atom stereocenters. The van der Waals surface area contributed by atoms with Gasteiger partial charge in [0.25, 0.3) is 0 Å². The highest BCUT2D eigenvalue weighted by atomic mass is 127. The highest BCUT2D eigenvalue weighted by molar-refractivity contribution is 14.2. The number of halogens is 2. The summed E-state index contributed by atoms with van der Waals surface area (Å²) in [7, 11) is -1.72. The summed E-state index contributed by atoms with van der Waals surface area (Å²) in [4.78, 5) is 0. The van der Waals surface area contributed by atoms with Crippen LogP contribution in [-0.2, 0) is 0 Å². The van der Waals surface area contributed by atoms with Crippen molar-refractivity contribution in [1.82, 2.24) is 0 Å². The van der Waals surface area contributed by atoms with E-state index in [9.17, 15) is 4.20 Å². The average molecular weight is 244 g/mol. The van der Waals surface area contributed by atoms with Crippen LogP contribution in [0.25, 0.3) is 0 Å². The minimum absolute atomic E-state index is 0.360. The lowest BCUT2D eigenvalue weighted by molar-refractivity contribution is 0.936. The Hall–Kier alpha value is 1.95. The Balaban J connectivity index is 2.95. The lowest BCUT2D eigenvalue weighted by Gasteiger charge is -1.99. The van der Waals surface area contributed by atoms with Crippen molar-refractivity contribution in [2.45, 2.75) is 0 Å². The fraction of sp³-hybridized carbons (Fsp3) is 0. The third kappa shape index (κ3) is 5.95. The molecule has 0 aliphatic carbocycles. The van der Waals surface area contributed by atoms with Gasteiger partial charge in [0.2, 0.25) is 0 Å². The molecule has 0 aliphatic heterocycles. The second-order valence-corrected chi connectivity index (χ2v) is 7.66. The van der Waals surface area contributed by atoms with E-state index in [1.54, 1.807) is 0 Å². The van der Waals surface area contributed by atoms with Crippen LogP contribution < -0.4 is 0 Å². The molecule has 2 atom stereocenters.